The van der Waals surface area contributed by atoms with E-state index in [9.17, 15) is 0 Å². The number of anilines is 1. The van der Waals surface area contributed by atoms with Crippen molar-refractivity contribution in [3.8, 4) is 5.82 Å². The van der Waals surface area contributed by atoms with Crippen molar-refractivity contribution in [2.24, 2.45) is 10.7 Å². The van der Waals surface area contributed by atoms with Crippen LogP contribution in [0.25, 0.3) is 5.82 Å². The lowest BCUT2D eigenvalue weighted by Crippen LogP contribution is -2.22. The van der Waals surface area contributed by atoms with Gasteiger partial charge in [0.1, 0.15) is 12.1 Å². The molecule has 0 spiro atoms. The predicted octanol–water partition coefficient (Wildman–Crippen LogP) is 2.76. The van der Waals surface area contributed by atoms with Gasteiger partial charge in [-0.25, -0.2) is 15.0 Å². The van der Waals surface area contributed by atoms with Crippen LogP contribution in [-0.4, -0.2) is 20.5 Å². The van der Waals surface area contributed by atoms with Crippen molar-refractivity contribution >= 4 is 11.6 Å². The van der Waals surface area contributed by atoms with Gasteiger partial charge in [0.2, 0.25) is 0 Å². The molecule has 3 aromatic rings. The third-order valence-corrected chi connectivity index (χ3v) is 3.64. The summed E-state index contributed by atoms with van der Waals surface area (Å²) in [5, 5.41) is 3.09. The van der Waals surface area contributed by atoms with Gasteiger partial charge < -0.3 is 11.1 Å². The summed E-state index contributed by atoms with van der Waals surface area (Å²) in [6, 6.07) is 12.1. The molecule has 0 saturated carbocycles. The van der Waals surface area contributed by atoms with E-state index in [0.29, 0.717) is 12.5 Å². The molecule has 24 heavy (non-hydrogen) atoms. The molecule has 3 N–H and O–H groups in total. The standard InChI is InChI=1S/C18H20N6/c1-2-14-3-6-16(7-4-14)23-18(19)22-12-15-5-8-17(21-11-15)24-10-9-20-13-24/h3-11,13H,2,12H2,1H3,(H3,19,22,23). The maximum atomic E-state index is 5.94. The summed E-state index contributed by atoms with van der Waals surface area (Å²) in [6.07, 6.45) is 8.10. The van der Waals surface area contributed by atoms with Gasteiger partial charge in [-0.2, -0.15) is 0 Å². The van der Waals surface area contributed by atoms with E-state index in [1.54, 1.807) is 18.7 Å². The van der Waals surface area contributed by atoms with Crippen molar-refractivity contribution in [2.45, 2.75) is 19.9 Å². The van der Waals surface area contributed by atoms with Gasteiger partial charge in [-0.15, -0.1) is 0 Å². The highest BCUT2D eigenvalue weighted by atomic mass is 15.1. The summed E-state index contributed by atoms with van der Waals surface area (Å²) >= 11 is 0. The zero-order valence-corrected chi connectivity index (χ0v) is 13.6. The van der Waals surface area contributed by atoms with Crippen LogP contribution in [0.4, 0.5) is 5.69 Å². The number of imidazole rings is 1. The van der Waals surface area contributed by atoms with E-state index >= 15 is 0 Å². The largest absolute Gasteiger partial charge is 0.370 e. The number of pyridine rings is 1. The zero-order valence-electron chi connectivity index (χ0n) is 13.6. The normalized spacial score (nSPS) is 11.5. The number of guanidine groups is 1. The quantitative estimate of drug-likeness (QED) is 0.559. The zero-order chi connectivity index (χ0) is 16.8. The Morgan fingerprint density at radius 3 is 2.58 bits per heavy atom. The fourth-order valence-corrected chi connectivity index (χ4v) is 2.25. The molecule has 0 bridgehead atoms. The summed E-state index contributed by atoms with van der Waals surface area (Å²) in [6.45, 7) is 2.60. The molecule has 6 nitrogen and oxygen atoms in total. The number of nitrogens with one attached hydrogen (secondary N) is 1. The molecule has 1 aromatic carbocycles. The number of benzene rings is 1. The lowest BCUT2D eigenvalue weighted by atomic mass is 10.1. The Bertz CT molecular complexity index is 789. The molecule has 0 saturated heterocycles. The number of aryl methyl sites for hydroxylation is 1. The van der Waals surface area contributed by atoms with Gasteiger partial charge in [0.15, 0.2) is 5.96 Å². The maximum absolute atomic E-state index is 5.94. The van der Waals surface area contributed by atoms with Crippen LogP contribution in [0.5, 0.6) is 0 Å². The molecule has 0 amide bonds. The molecule has 0 atom stereocenters. The summed E-state index contributed by atoms with van der Waals surface area (Å²) in [5.41, 5.74) is 9.15. The number of rotatable bonds is 5. The summed E-state index contributed by atoms with van der Waals surface area (Å²) in [5.74, 6) is 1.21. The molecule has 2 aromatic heterocycles. The Morgan fingerprint density at radius 1 is 1.17 bits per heavy atom. The van der Waals surface area contributed by atoms with E-state index < -0.39 is 0 Å². The van der Waals surface area contributed by atoms with Crippen molar-refractivity contribution in [1.82, 2.24) is 14.5 Å². The van der Waals surface area contributed by atoms with Crippen LogP contribution in [0.1, 0.15) is 18.1 Å². The van der Waals surface area contributed by atoms with Crippen LogP contribution >= 0.6 is 0 Å². The Morgan fingerprint density at radius 2 is 1.96 bits per heavy atom. The molecule has 0 aliphatic carbocycles. The topological polar surface area (TPSA) is 81.1 Å². The average Bonchev–Trinajstić information content (AvgIpc) is 3.16. The average molecular weight is 320 g/mol. The van der Waals surface area contributed by atoms with Crippen molar-refractivity contribution < 1.29 is 0 Å². The van der Waals surface area contributed by atoms with E-state index in [1.807, 2.05) is 35.0 Å². The smallest absolute Gasteiger partial charge is 0.193 e. The summed E-state index contributed by atoms with van der Waals surface area (Å²) < 4.78 is 1.85. The first-order valence-electron chi connectivity index (χ1n) is 7.83. The van der Waals surface area contributed by atoms with E-state index in [1.165, 1.54) is 5.56 Å². The maximum Gasteiger partial charge on any atom is 0.193 e. The molecule has 0 aliphatic rings. The molecular formula is C18H20N6. The van der Waals surface area contributed by atoms with Crippen molar-refractivity contribution in [3.63, 3.8) is 0 Å². The van der Waals surface area contributed by atoms with Crippen molar-refractivity contribution in [2.75, 3.05) is 5.32 Å². The Hall–Kier alpha value is -3.15. The molecule has 122 valence electrons. The second kappa shape index (κ2) is 7.41. The van der Waals surface area contributed by atoms with Gasteiger partial charge in [0.25, 0.3) is 0 Å². The van der Waals surface area contributed by atoms with Crippen LogP contribution < -0.4 is 11.1 Å². The van der Waals surface area contributed by atoms with E-state index in [0.717, 1.165) is 23.5 Å². The van der Waals surface area contributed by atoms with Gasteiger partial charge in [0.05, 0.1) is 6.54 Å². The number of nitrogens with two attached hydrogens (primary N) is 1. The van der Waals surface area contributed by atoms with Gasteiger partial charge in [-0.3, -0.25) is 4.57 Å². The highest BCUT2D eigenvalue weighted by Crippen LogP contribution is 2.10. The third-order valence-electron chi connectivity index (χ3n) is 3.64. The summed E-state index contributed by atoms with van der Waals surface area (Å²) in [4.78, 5) is 12.8. The Balaban J connectivity index is 1.59. The summed E-state index contributed by atoms with van der Waals surface area (Å²) in [7, 11) is 0. The molecule has 6 heteroatoms. The first-order valence-corrected chi connectivity index (χ1v) is 7.83. The number of aromatic nitrogens is 3. The van der Waals surface area contributed by atoms with Gasteiger partial charge in [0, 0.05) is 24.3 Å². The molecule has 0 aliphatic heterocycles. The van der Waals surface area contributed by atoms with Crippen LogP contribution in [0.2, 0.25) is 0 Å². The molecule has 0 unspecified atom stereocenters. The third kappa shape index (κ3) is 3.98. The first-order chi connectivity index (χ1) is 11.7. The fraction of sp³-hybridized carbons (Fsp3) is 0.167. The first kappa shape index (κ1) is 15.7. The van der Waals surface area contributed by atoms with Crippen LogP contribution in [0.15, 0.2) is 66.3 Å². The molecule has 0 fully saturated rings. The number of aliphatic imine (C=N–C) groups is 1. The van der Waals surface area contributed by atoms with E-state index in [-0.39, 0.29) is 0 Å². The lowest BCUT2D eigenvalue weighted by molar-refractivity contribution is 0.967. The van der Waals surface area contributed by atoms with Gasteiger partial charge in [-0.1, -0.05) is 25.1 Å². The molecule has 2 heterocycles. The minimum atomic E-state index is 0.387. The van der Waals surface area contributed by atoms with Gasteiger partial charge >= 0.3 is 0 Å². The molecular weight excluding hydrogens is 300 g/mol. The van der Waals surface area contributed by atoms with Crippen LogP contribution in [0.3, 0.4) is 0 Å². The van der Waals surface area contributed by atoms with Crippen molar-refractivity contribution in [3.05, 3.63) is 72.4 Å². The van der Waals surface area contributed by atoms with E-state index in [2.05, 4.69) is 39.3 Å². The Labute approximate surface area is 141 Å². The molecule has 3 rings (SSSR count). The monoisotopic (exact) mass is 320 g/mol. The Kier molecular flexibility index (Phi) is 4.86. The minimum Gasteiger partial charge on any atom is -0.370 e. The molecule has 0 radical (unpaired) electrons. The lowest BCUT2D eigenvalue weighted by Gasteiger charge is -2.07. The highest BCUT2D eigenvalue weighted by molar-refractivity contribution is 5.92. The van der Waals surface area contributed by atoms with Crippen LogP contribution in [0, 0.1) is 0 Å². The second-order valence-electron chi connectivity index (χ2n) is 5.37. The second-order valence-corrected chi connectivity index (χ2v) is 5.37. The fourth-order valence-electron chi connectivity index (χ4n) is 2.25. The number of hydrogen-bond donors (Lipinski definition) is 2. The highest BCUT2D eigenvalue weighted by Gasteiger charge is 1.99. The van der Waals surface area contributed by atoms with Crippen molar-refractivity contribution in [1.29, 1.82) is 0 Å². The predicted molar refractivity (Wildman–Crippen MR) is 96.1 cm³/mol. The number of hydrogen-bond acceptors (Lipinski definition) is 3. The van der Waals surface area contributed by atoms with Gasteiger partial charge in [-0.05, 0) is 35.7 Å². The number of nitrogens with zero attached hydrogens (tertiary/aromatic N) is 4. The SMILES string of the molecule is CCc1ccc(NC(N)=NCc2ccc(-n3ccnc3)nc2)cc1. The minimum absolute atomic E-state index is 0.387. The van der Waals surface area contributed by atoms with E-state index in [4.69, 9.17) is 5.73 Å². The van der Waals surface area contributed by atoms with Crippen LogP contribution in [-0.2, 0) is 13.0 Å².